The molecule has 0 aromatic rings. The molecule has 1 N–H and O–H groups in total. The van der Waals surface area contributed by atoms with Gasteiger partial charge in [-0.2, -0.15) is 0 Å². The fraction of sp³-hybridized carbons (Fsp3) is 0.960. The predicted molar refractivity (Wildman–Crippen MR) is 142 cm³/mol. The van der Waals surface area contributed by atoms with Gasteiger partial charge in [0.05, 0.1) is 5.75 Å². The third kappa shape index (κ3) is 6.74. The van der Waals surface area contributed by atoms with E-state index < -0.39 is 5.69 Å². The van der Waals surface area contributed by atoms with Crippen molar-refractivity contribution in [2.45, 2.75) is 86.0 Å². The quantitative estimate of drug-likeness (QED) is 0.398. The minimum Gasteiger partial charge on any atom is -0.358 e. The lowest BCUT2D eigenvalue weighted by Gasteiger charge is -2.57. The van der Waals surface area contributed by atoms with Crippen LogP contribution in [0.15, 0.2) is 0 Å². The van der Waals surface area contributed by atoms with Crippen LogP contribution in [0, 0.1) is 40.4 Å². The Kier molecular flexibility index (Phi) is 10.6. The van der Waals surface area contributed by atoms with Crippen molar-refractivity contribution in [3.05, 3.63) is 0 Å². The van der Waals surface area contributed by atoms with E-state index in [0.717, 1.165) is 29.6 Å². The van der Waals surface area contributed by atoms with Gasteiger partial charge in [0.25, 0.3) is 0 Å². The zero-order valence-corrected chi connectivity index (χ0v) is 24.3. The molecule has 3 fully saturated rings. The molecule has 4 nitrogen and oxygen atoms in total. The second-order valence-electron chi connectivity index (χ2n) is 11.3. The van der Waals surface area contributed by atoms with Crippen LogP contribution < -0.4 is 5.32 Å². The molecular weight excluding hydrogens is 457 g/mol. The highest BCUT2D eigenvalue weighted by Crippen LogP contribution is 2.60. The first-order valence-corrected chi connectivity index (χ1v) is 16.7. The summed E-state index contributed by atoms with van der Waals surface area (Å²) in [5.41, 5.74) is -0.997. The van der Waals surface area contributed by atoms with Crippen molar-refractivity contribution in [1.82, 2.24) is 5.32 Å². The van der Waals surface area contributed by atoms with Crippen molar-refractivity contribution < 1.29 is 13.8 Å². The molecule has 2 bridgehead atoms. The van der Waals surface area contributed by atoms with E-state index in [0.29, 0.717) is 10.8 Å². The van der Waals surface area contributed by atoms with Crippen molar-refractivity contribution >= 4 is 34.8 Å². The average Bonchev–Trinajstić information content (AvgIpc) is 2.75. The summed E-state index contributed by atoms with van der Waals surface area (Å²) in [6.45, 7) is 12.9. The molecule has 3 saturated carbocycles. The molecule has 1 amide bonds. The van der Waals surface area contributed by atoms with Crippen molar-refractivity contribution in [3.8, 4) is 0 Å². The molecule has 6 atom stereocenters. The molecular formula is C25H48NO3PS2. The second kappa shape index (κ2) is 11.9. The highest BCUT2D eigenvalue weighted by Gasteiger charge is 2.50. The van der Waals surface area contributed by atoms with E-state index in [4.69, 9.17) is 20.9 Å². The van der Waals surface area contributed by atoms with E-state index in [9.17, 15) is 4.79 Å². The minimum absolute atomic E-state index is 0.0803. The van der Waals surface area contributed by atoms with Gasteiger partial charge >= 0.3 is 0 Å². The van der Waals surface area contributed by atoms with Crippen LogP contribution in [-0.4, -0.2) is 32.9 Å². The Morgan fingerprint density at radius 3 is 2.25 bits per heavy atom. The highest BCUT2D eigenvalue weighted by molar-refractivity contribution is 8.68. The van der Waals surface area contributed by atoms with Crippen molar-refractivity contribution in [2.75, 3.05) is 27.0 Å². The largest absolute Gasteiger partial charge is 0.358 e. The van der Waals surface area contributed by atoms with Gasteiger partial charge in [-0.25, -0.2) is 0 Å². The SMILES string of the molecule is CNC(=O)CSP(=S)(OC)OC.C[C@@H]1CCC[C@@]2(C)CC[C@H]3[C@H](C)CC[C@@H](C[C@H]12)C3(C)C. The lowest BCUT2D eigenvalue weighted by molar-refractivity contribution is -0.118. The van der Waals surface area contributed by atoms with Gasteiger partial charge in [0, 0.05) is 21.3 Å². The summed E-state index contributed by atoms with van der Waals surface area (Å²) in [5, 5.41) is 2.49. The van der Waals surface area contributed by atoms with Gasteiger partial charge in [0.1, 0.15) is 0 Å². The van der Waals surface area contributed by atoms with E-state index in [1.165, 1.54) is 77.0 Å². The van der Waals surface area contributed by atoms with E-state index in [1.807, 2.05) is 0 Å². The van der Waals surface area contributed by atoms with Gasteiger partial charge in [-0.15, -0.1) is 0 Å². The van der Waals surface area contributed by atoms with Gasteiger partial charge < -0.3 is 14.4 Å². The third-order valence-electron chi connectivity index (χ3n) is 9.30. The standard InChI is InChI=1S/C20H36.C5H12NO3PS2/c1-14-7-6-11-20(5)12-10-17-15(2)8-9-16(13-18(14)20)19(17,3)4;1-6-5(7)4-12-10(11,8-2)9-3/h14-18H,6-13H2,1-5H3;4H2,1-3H3,(H,6,7)/t14-,15-,16+,17+,18-,20+;/m1./s1. The molecule has 7 heteroatoms. The molecule has 0 radical (unpaired) electrons. The number of carbonyl (C=O) groups excluding carboxylic acids is 1. The molecule has 3 aliphatic rings. The smallest absolute Gasteiger partial charge is 0.247 e. The molecule has 32 heavy (non-hydrogen) atoms. The van der Waals surface area contributed by atoms with Gasteiger partial charge in [0.2, 0.25) is 11.6 Å². The number of amides is 1. The minimum atomic E-state index is -2.26. The van der Waals surface area contributed by atoms with Crippen molar-refractivity contribution in [2.24, 2.45) is 40.4 Å². The lowest BCUT2D eigenvalue weighted by Crippen LogP contribution is -2.48. The second-order valence-corrected chi connectivity index (χ2v) is 17.9. The van der Waals surface area contributed by atoms with E-state index in [1.54, 1.807) is 7.05 Å². The Labute approximate surface area is 207 Å². The first kappa shape index (κ1) is 28.6. The molecule has 188 valence electrons. The summed E-state index contributed by atoms with van der Waals surface area (Å²) in [6, 6.07) is 0. The van der Waals surface area contributed by atoms with Crippen LogP contribution in [0.4, 0.5) is 0 Å². The topological polar surface area (TPSA) is 47.6 Å². The van der Waals surface area contributed by atoms with Crippen molar-refractivity contribution in [3.63, 3.8) is 0 Å². The van der Waals surface area contributed by atoms with Gasteiger partial charge in [-0.1, -0.05) is 65.3 Å². The monoisotopic (exact) mass is 505 g/mol. The van der Waals surface area contributed by atoms with Crippen LogP contribution in [0.3, 0.4) is 0 Å². The predicted octanol–water partition coefficient (Wildman–Crippen LogP) is 7.28. The Bertz CT molecular complexity index is 666. The van der Waals surface area contributed by atoms with Crippen LogP contribution in [0.1, 0.15) is 86.0 Å². The van der Waals surface area contributed by atoms with Crippen LogP contribution >= 0.6 is 17.1 Å². The number of hydrogen-bond donors (Lipinski definition) is 1. The Hall–Kier alpha value is 0.390. The summed E-state index contributed by atoms with van der Waals surface area (Å²) in [5.74, 6) is 5.11. The number of nitrogens with one attached hydrogen (secondary N) is 1. The molecule has 0 saturated heterocycles. The Balaban J connectivity index is 0.000000262. The Morgan fingerprint density at radius 2 is 1.66 bits per heavy atom. The maximum Gasteiger partial charge on any atom is 0.247 e. The zero-order valence-electron chi connectivity index (χ0n) is 21.7. The molecule has 0 aliphatic heterocycles. The molecule has 0 aromatic carbocycles. The summed E-state index contributed by atoms with van der Waals surface area (Å²) >= 11 is 6.25. The third-order valence-corrected chi connectivity index (χ3v) is 15.0. The summed E-state index contributed by atoms with van der Waals surface area (Å²) in [4.78, 5) is 10.8. The Morgan fingerprint density at radius 1 is 1.03 bits per heavy atom. The number of rotatable bonds is 5. The summed E-state index contributed by atoms with van der Waals surface area (Å²) in [7, 11) is 4.55. The number of hydrogen-bond acceptors (Lipinski definition) is 5. The van der Waals surface area contributed by atoms with E-state index >= 15 is 0 Å². The molecule has 3 aliphatic carbocycles. The maximum atomic E-state index is 10.8. The van der Waals surface area contributed by atoms with Gasteiger partial charge in [-0.05, 0) is 84.3 Å². The maximum absolute atomic E-state index is 10.8. The van der Waals surface area contributed by atoms with Crippen LogP contribution in [0.5, 0.6) is 0 Å². The fourth-order valence-corrected chi connectivity index (χ4v) is 9.77. The van der Waals surface area contributed by atoms with Gasteiger partial charge in [0.15, 0.2) is 0 Å². The van der Waals surface area contributed by atoms with Crippen molar-refractivity contribution in [1.29, 1.82) is 0 Å². The first-order chi connectivity index (χ1) is 14.9. The fourth-order valence-electron chi connectivity index (χ4n) is 7.06. The number of carbonyl (C=O) groups is 1. The van der Waals surface area contributed by atoms with Gasteiger partial charge in [-0.3, -0.25) is 4.79 Å². The normalized spacial score (nSPS) is 36.6. The van der Waals surface area contributed by atoms with E-state index in [-0.39, 0.29) is 11.7 Å². The lowest BCUT2D eigenvalue weighted by atomic mass is 9.48. The molecule has 0 heterocycles. The van der Waals surface area contributed by atoms with E-state index in [2.05, 4.69) is 39.9 Å². The molecule has 0 unspecified atom stereocenters. The van der Waals surface area contributed by atoms with Crippen LogP contribution in [0.2, 0.25) is 0 Å². The molecule has 0 spiro atoms. The molecule has 3 rings (SSSR count). The summed E-state index contributed by atoms with van der Waals surface area (Å²) in [6.07, 6.45) is 12.0. The first-order valence-electron chi connectivity index (χ1n) is 12.5. The highest BCUT2D eigenvalue weighted by atomic mass is 32.9. The van der Waals surface area contributed by atoms with Crippen LogP contribution in [-0.2, 0) is 25.6 Å². The zero-order chi connectivity index (χ0) is 24.2. The summed E-state index contributed by atoms with van der Waals surface area (Å²) < 4.78 is 9.94. The molecule has 0 aromatic heterocycles. The average molecular weight is 506 g/mol. The van der Waals surface area contributed by atoms with Crippen LogP contribution in [0.25, 0.3) is 0 Å². The number of fused-ring (bicyclic) bond motifs is 3.